The van der Waals surface area contributed by atoms with E-state index in [1.54, 1.807) is 18.4 Å². The van der Waals surface area contributed by atoms with E-state index in [0.717, 1.165) is 21.0 Å². The van der Waals surface area contributed by atoms with Gasteiger partial charge in [-0.2, -0.15) is 0 Å². The molecule has 23 heavy (non-hydrogen) atoms. The molecule has 0 aliphatic rings. The quantitative estimate of drug-likeness (QED) is 0.739. The number of thiophene rings is 1. The first-order chi connectivity index (χ1) is 10.8. The van der Waals surface area contributed by atoms with Crippen LogP contribution in [0.2, 0.25) is 0 Å². The minimum absolute atomic E-state index is 0.151. The van der Waals surface area contributed by atoms with E-state index in [0.29, 0.717) is 0 Å². The van der Waals surface area contributed by atoms with Gasteiger partial charge in [-0.15, -0.1) is 11.3 Å². The summed E-state index contributed by atoms with van der Waals surface area (Å²) in [5.74, 6) is 0.159. The molecule has 1 heterocycles. The zero-order valence-electron chi connectivity index (χ0n) is 14.7. The van der Waals surface area contributed by atoms with Crippen molar-refractivity contribution in [2.24, 2.45) is 5.41 Å². The summed E-state index contributed by atoms with van der Waals surface area (Å²) in [6, 6.07) is 12.1. The Hall–Kier alpha value is -1.65. The number of ether oxygens (including phenoxy) is 1. The third-order valence-corrected chi connectivity index (χ3v) is 5.01. The number of hydrogen-bond acceptors (Lipinski definition) is 4. The first-order valence-electron chi connectivity index (χ1n) is 7.69. The molecule has 0 N–H and O–H groups in total. The molecule has 0 aliphatic carbocycles. The van der Waals surface area contributed by atoms with Gasteiger partial charge in [-0.25, -0.2) is 0 Å². The molecule has 0 aliphatic heterocycles. The normalized spacial score (nSPS) is 13.0. The lowest BCUT2D eigenvalue weighted by Gasteiger charge is -2.19. The molecule has 0 saturated carbocycles. The first kappa shape index (κ1) is 17.7. The van der Waals surface area contributed by atoms with E-state index in [1.165, 1.54) is 0 Å². The Morgan fingerprint density at radius 1 is 1.17 bits per heavy atom. The average Bonchev–Trinajstić information content (AvgIpc) is 2.92. The molecule has 124 valence electrons. The van der Waals surface area contributed by atoms with Crippen LogP contribution in [0.1, 0.15) is 47.7 Å². The second-order valence-corrected chi connectivity index (χ2v) is 7.93. The van der Waals surface area contributed by atoms with Crippen molar-refractivity contribution < 1.29 is 9.53 Å². The highest BCUT2D eigenvalue weighted by Gasteiger charge is 2.29. The molecule has 2 aromatic rings. The molecule has 4 heteroatoms. The summed E-state index contributed by atoms with van der Waals surface area (Å²) in [6.07, 6.45) is -0.151. The molecule has 1 unspecified atom stereocenters. The predicted molar refractivity (Wildman–Crippen MR) is 97.7 cm³/mol. The van der Waals surface area contributed by atoms with Crippen LogP contribution in [0.25, 0.3) is 0 Å². The molecular formula is C19H25NO2S. The maximum Gasteiger partial charge on any atom is 0.171 e. The lowest BCUT2D eigenvalue weighted by Crippen LogP contribution is -2.22. The third kappa shape index (κ3) is 3.82. The monoisotopic (exact) mass is 331 g/mol. The highest BCUT2D eigenvalue weighted by molar-refractivity contribution is 7.16. The van der Waals surface area contributed by atoms with Crippen LogP contribution in [-0.4, -0.2) is 27.0 Å². The molecule has 0 saturated heterocycles. The fourth-order valence-electron chi connectivity index (χ4n) is 2.47. The van der Waals surface area contributed by atoms with E-state index < -0.39 is 5.41 Å². The van der Waals surface area contributed by atoms with E-state index >= 15 is 0 Å². The number of benzene rings is 1. The molecule has 2 rings (SSSR count). The van der Waals surface area contributed by atoms with Crippen molar-refractivity contribution in [3.05, 3.63) is 52.4 Å². The van der Waals surface area contributed by atoms with Crippen molar-refractivity contribution >= 4 is 22.1 Å². The molecule has 0 bridgehead atoms. The summed E-state index contributed by atoms with van der Waals surface area (Å²) >= 11 is 1.62. The number of carbonyl (C=O) groups excluding carboxylic acids is 1. The molecule has 1 aromatic heterocycles. The molecular weight excluding hydrogens is 306 g/mol. The van der Waals surface area contributed by atoms with Gasteiger partial charge in [-0.1, -0.05) is 51.1 Å². The Kier molecular flexibility index (Phi) is 5.27. The largest absolute Gasteiger partial charge is 0.371 e. The van der Waals surface area contributed by atoms with Crippen molar-refractivity contribution in [3.63, 3.8) is 0 Å². The van der Waals surface area contributed by atoms with Crippen LogP contribution in [0, 0.1) is 5.41 Å². The van der Waals surface area contributed by atoms with Gasteiger partial charge in [0.2, 0.25) is 0 Å². The van der Waals surface area contributed by atoms with Gasteiger partial charge in [0.05, 0.1) is 5.56 Å². The van der Waals surface area contributed by atoms with Crippen molar-refractivity contribution in [3.8, 4) is 0 Å². The highest BCUT2D eigenvalue weighted by atomic mass is 32.1. The molecule has 3 nitrogen and oxygen atoms in total. The van der Waals surface area contributed by atoms with Crippen LogP contribution < -0.4 is 4.90 Å². The van der Waals surface area contributed by atoms with Gasteiger partial charge in [0.15, 0.2) is 5.78 Å². The Bertz CT molecular complexity index is 668. The lowest BCUT2D eigenvalue weighted by atomic mass is 9.87. The van der Waals surface area contributed by atoms with E-state index in [1.807, 2.05) is 64.0 Å². The lowest BCUT2D eigenvalue weighted by molar-refractivity contribution is 0.0859. The van der Waals surface area contributed by atoms with Crippen LogP contribution in [0.15, 0.2) is 36.4 Å². The van der Waals surface area contributed by atoms with Crippen LogP contribution in [0.4, 0.5) is 5.00 Å². The number of hydrogen-bond donors (Lipinski definition) is 0. The third-order valence-electron chi connectivity index (χ3n) is 3.66. The van der Waals surface area contributed by atoms with E-state index in [4.69, 9.17) is 4.74 Å². The van der Waals surface area contributed by atoms with Gasteiger partial charge >= 0.3 is 0 Å². The maximum atomic E-state index is 12.8. The van der Waals surface area contributed by atoms with Crippen LogP contribution >= 0.6 is 11.3 Å². The van der Waals surface area contributed by atoms with Crippen molar-refractivity contribution in [2.45, 2.75) is 26.9 Å². The Balaban J connectivity index is 2.50. The summed E-state index contributed by atoms with van der Waals surface area (Å²) < 4.78 is 5.72. The fraction of sp³-hybridized carbons (Fsp3) is 0.421. The average molecular weight is 331 g/mol. The van der Waals surface area contributed by atoms with E-state index in [2.05, 4.69) is 12.1 Å². The number of rotatable bonds is 5. The van der Waals surface area contributed by atoms with Crippen LogP contribution in [-0.2, 0) is 4.74 Å². The highest BCUT2D eigenvalue weighted by Crippen LogP contribution is 2.40. The van der Waals surface area contributed by atoms with E-state index in [-0.39, 0.29) is 11.9 Å². The molecule has 1 aromatic carbocycles. The smallest absolute Gasteiger partial charge is 0.171 e. The van der Waals surface area contributed by atoms with Gasteiger partial charge < -0.3 is 9.64 Å². The summed E-state index contributed by atoms with van der Waals surface area (Å²) in [7, 11) is 5.65. The number of methoxy groups -OCH3 is 1. The van der Waals surface area contributed by atoms with Crippen LogP contribution in [0.3, 0.4) is 0 Å². The SMILES string of the molecule is COC(c1ccccc1)c1cc(C(=O)C(C)(C)C)c(N(C)C)s1. The number of anilines is 1. The van der Waals surface area contributed by atoms with Gasteiger partial charge in [0, 0.05) is 31.5 Å². The van der Waals surface area contributed by atoms with Crippen molar-refractivity contribution in [1.82, 2.24) is 0 Å². The summed E-state index contributed by atoms with van der Waals surface area (Å²) in [4.78, 5) is 15.8. The number of carbonyl (C=O) groups is 1. The Morgan fingerprint density at radius 3 is 2.26 bits per heavy atom. The summed E-state index contributed by atoms with van der Waals surface area (Å²) in [6.45, 7) is 5.87. The second kappa shape index (κ2) is 6.85. The molecule has 1 atom stereocenters. The molecule has 0 spiro atoms. The van der Waals surface area contributed by atoms with Crippen molar-refractivity contribution in [1.29, 1.82) is 0 Å². The standard InChI is InChI=1S/C19H25NO2S/c1-19(2,3)17(21)14-12-15(23-18(14)20(4)5)16(22-6)13-10-8-7-9-11-13/h7-12,16H,1-6H3. The zero-order valence-corrected chi connectivity index (χ0v) is 15.5. The van der Waals surface area contributed by atoms with E-state index in [9.17, 15) is 4.79 Å². The molecule has 0 fully saturated rings. The summed E-state index contributed by atoms with van der Waals surface area (Å²) in [5, 5.41) is 0.984. The van der Waals surface area contributed by atoms with Gasteiger partial charge in [0.1, 0.15) is 11.1 Å². The topological polar surface area (TPSA) is 29.5 Å². The molecule has 0 radical (unpaired) electrons. The zero-order chi connectivity index (χ0) is 17.2. The summed E-state index contributed by atoms with van der Waals surface area (Å²) in [5.41, 5.74) is 1.47. The maximum absolute atomic E-state index is 12.8. The molecule has 0 amide bonds. The number of ketones is 1. The number of Topliss-reactive ketones (excluding diaryl/α,β-unsaturated/α-hetero) is 1. The fourth-order valence-corrected chi connectivity index (χ4v) is 3.66. The minimum Gasteiger partial charge on any atom is -0.371 e. The first-order valence-corrected chi connectivity index (χ1v) is 8.51. The Labute approximate surface area is 142 Å². The van der Waals surface area contributed by atoms with Gasteiger partial charge in [0.25, 0.3) is 0 Å². The van der Waals surface area contributed by atoms with Gasteiger partial charge in [-0.05, 0) is 11.6 Å². The second-order valence-electron chi connectivity index (χ2n) is 6.87. The Morgan fingerprint density at radius 2 is 1.78 bits per heavy atom. The number of nitrogens with zero attached hydrogens (tertiary/aromatic N) is 1. The predicted octanol–water partition coefficient (Wildman–Crippen LogP) is 4.78. The van der Waals surface area contributed by atoms with Crippen LogP contribution in [0.5, 0.6) is 0 Å². The minimum atomic E-state index is -0.404. The van der Waals surface area contributed by atoms with Gasteiger partial charge in [-0.3, -0.25) is 4.79 Å². The van der Waals surface area contributed by atoms with Crippen molar-refractivity contribution in [2.75, 3.05) is 26.1 Å².